The molecule has 1 aromatic rings. The fourth-order valence-electron chi connectivity index (χ4n) is 2.50. The third-order valence-electron chi connectivity index (χ3n) is 3.41. The van der Waals surface area contributed by atoms with Gasteiger partial charge in [0.05, 0.1) is 4.92 Å². The van der Waals surface area contributed by atoms with E-state index in [1.807, 2.05) is 0 Å². The first-order valence-corrected chi connectivity index (χ1v) is 6.79. The molecule has 1 amide bonds. The summed E-state index contributed by atoms with van der Waals surface area (Å²) in [5.74, 6) is 0.227. The van der Waals surface area contributed by atoms with Crippen molar-refractivity contribution < 1.29 is 9.72 Å². The van der Waals surface area contributed by atoms with E-state index in [9.17, 15) is 14.9 Å². The molecule has 1 fully saturated rings. The van der Waals surface area contributed by atoms with Crippen molar-refractivity contribution in [3.63, 3.8) is 0 Å². The van der Waals surface area contributed by atoms with E-state index in [2.05, 4.69) is 0 Å². The first-order chi connectivity index (χ1) is 9.15. The Morgan fingerprint density at radius 1 is 1.47 bits per heavy atom. The van der Waals surface area contributed by atoms with E-state index in [1.54, 1.807) is 17.0 Å². The fourth-order valence-corrected chi connectivity index (χ4v) is 2.75. The average Bonchev–Trinajstić information content (AvgIpc) is 2.86. The Kier molecular flexibility index (Phi) is 4.37. The van der Waals surface area contributed by atoms with E-state index in [1.165, 1.54) is 12.1 Å². The minimum Gasteiger partial charge on any atom is -0.335 e. The molecular weight excluding hydrogens is 268 g/mol. The molecular formula is C13H15ClN2O3. The average molecular weight is 283 g/mol. The minimum atomic E-state index is -0.514. The zero-order valence-corrected chi connectivity index (χ0v) is 11.2. The molecule has 5 nitrogen and oxygen atoms in total. The minimum absolute atomic E-state index is 0.102. The van der Waals surface area contributed by atoms with Crippen LogP contribution in [0, 0.1) is 10.1 Å². The predicted octanol–water partition coefficient (Wildman–Crippen LogP) is 2.83. The van der Waals surface area contributed by atoms with Crippen molar-refractivity contribution in [3.05, 3.63) is 39.9 Å². The first kappa shape index (κ1) is 13.8. The zero-order valence-electron chi connectivity index (χ0n) is 10.4. The number of nitro benzene ring substituents is 1. The van der Waals surface area contributed by atoms with E-state index in [4.69, 9.17) is 11.6 Å². The van der Waals surface area contributed by atoms with Gasteiger partial charge in [-0.25, -0.2) is 0 Å². The Hall–Kier alpha value is -1.62. The van der Waals surface area contributed by atoms with Crippen molar-refractivity contribution in [2.75, 3.05) is 12.4 Å². The van der Waals surface area contributed by atoms with E-state index in [0.717, 1.165) is 19.3 Å². The van der Waals surface area contributed by atoms with Gasteiger partial charge in [0.15, 0.2) is 0 Å². The molecule has 0 saturated carbocycles. The molecule has 1 aromatic carbocycles. The summed E-state index contributed by atoms with van der Waals surface area (Å²) in [6.45, 7) is 0.645. The van der Waals surface area contributed by atoms with Gasteiger partial charge in [-0.15, -0.1) is 11.6 Å². The molecule has 1 heterocycles. The topological polar surface area (TPSA) is 63.4 Å². The quantitative estimate of drug-likeness (QED) is 0.484. The van der Waals surface area contributed by atoms with E-state index in [0.29, 0.717) is 12.4 Å². The smallest absolute Gasteiger partial charge is 0.282 e. The Morgan fingerprint density at radius 2 is 2.21 bits per heavy atom. The lowest BCUT2D eigenvalue weighted by Crippen LogP contribution is -2.36. The third kappa shape index (κ3) is 2.87. The number of carbonyl (C=O) groups excluding carboxylic acids is 1. The van der Waals surface area contributed by atoms with Gasteiger partial charge in [-0.2, -0.15) is 0 Å². The highest BCUT2D eigenvalue weighted by Gasteiger charge is 2.32. The van der Waals surface area contributed by atoms with Gasteiger partial charge in [0.2, 0.25) is 0 Å². The molecule has 102 valence electrons. The summed E-state index contributed by atoms with van der Waals surface area (Å²) >= 11 is 5.73. The molecule has 0 radical (unpaired) electrons. The van der Waals surface area contributed by atoms with Crippen molar-refractivity contribution in [1.82, 2.24) is 4.90 Å². The number of rotatable bonds is 4. The third-order valence-corrected chi connectivity index (χ3v) is 3.63. The number of alkyl halides is 1. The molecule has 0 aromatic heterocycles. The summed E-state index contributed by atoms with van der Waals surface area (Å²) in [4.78, 5) is 24.6. The molecule has 0 spiro atoms. The summed E-state index contributed by atoms with van der Waals surface area (Å²) in [5, 5.41) is 11.0. The van der Waals surface area contributed by atoms with Gasteiger partial charge in [0, 0.05) is 24.5 Å². The van der Waals surface area contributed by atoms with Crippen LogP contribution in [0.2, 0.25) is 0 Å². The number of para-hydroxylation sites is 1. The summed E-state index contributed by atoms with van der Waals surface area (Å²) < 4.78 is 0. The molecule has 1 aliphatic rings. The van der Waals surface area contributed by atoms with Crippen molar-refractivity contribution in [1.29, 1.82) is 0 Å². The predicted molar refractivity (Wildman–Crippen MR) is 72.5 cm³/mol. The maximum atomic E-state index is 12.4. The lowest BCUT2D eigenvalue weighted by atomic mass is 10.1. The van der Waals surface area contributed by atoms with E-state index in [-0.39, 0.29) is 23.2 Å². The Morgan fingerprint density at radius 3 is 2.89 bits per heavy atom. The van der Waals surface area contributed by atoms with Gasteiger partial charge in [0.1, 0.15) is 5.56 Å². The summed E-state index contributed by atoms with van der Waals surface area (Å²) in [7, 11) is 0. The van der Waals surface area contributed by atoms with Crippen LogP contribution >= 0.6 is 11.6 Å². The van der Waals surface area contributed by atoms with Crippen molar-refractivity contribution in [3.8, 4) is 0 Å². The second kappa shape index (κ2) is 6.02. The number of nitrogens with zero attached hydrogens (tertiary/aromatic N) is 2. The highest BCUT2D eigenvalue weighted by atomic mass is 35.5. The van der Waals surface area contributed by atoms with Crippen LogP contribution < -0.4 is 0 Å². The van der Waals surface area contributed by atoms with Crippen molar-refractivity contribution in [2.24, 2.45) is 0 Å². The SMILES string of the molecule is O=C(c1ccccc1[N+](=O)[O-])N1CCCC1CCCl. The van der Waals surface area contributed by atoms with Gasteiger partial charge >= 0.3 is 0 Å². The second-order valence-corrected chi connectivity index (χ2v) is 4.92. The number of carbonyl (C=O) groups is 1. The summed E-state index contributed by atoms with van der Waals surface area (Å²) in [6.07, 6.45) is 2.57. The van der Waals surface area contributed by atoms with Crippen LogP contribution in [0.25, 0.3) is 0 Å². The van der Waals surface area contributed by atoms with Gasteiger partial charge in [0.25, 0.3) is 11.6 Å². The number of amides is 1. The molecule has 0 aliphatic carbocycles. The molecule has 1 unspecified atom stereocenters. The van der Waals surface area contributed by atoms with Crippen molar-refractivity contribution >= 4 is 23.2 Å². The van der Waals surface area contributed by atoms with Gasteiger partial charge in [-0.05, 0) is 25.3 Å². The number of benzene rings is 1. The number of halogens is 1. The monoisotopic (exact) mass is 282 g/mol. The van der Waals surface area contributed by atoms with Crippen LogP contribution in [0.3, 0.4) is 0 Å². The van der Waals surface area contributed by atoms with Crippen LogP contribution in [-0.4, -0.2) is 34.2 Å². The van der Waals surface area contributed by atoms with Crippen molar-refractivity contribution in [2.45, 2.75) is 25.3 Å². The van der Waals surface area contributed by atoms with Gasteiger partial charge < -0.3 is 4.90 Å². The van der Waals surface area contributed by atoms with Crippen LogP contribution in [0.5, 0.6) is 0 Å². The molecule has 1 aliphatic heterocycles. The molecule has 6 heteroatoms. The second-order valence-electron chi connectivity index (χ2n) is 4.55. The highest BCUT2D eigenvalue weighted by molar-refractivity contribution is 6.17. The summed E-state index contributed by atoms with van der Waals surface area (Å²) in [6, 6.07) is 6.18. The Balaban J connectivity index is 2.26. The molecule has 2 rings (SSSR count). The number of likely N-dealkylation sites (tertiary alicyclic amines) is 1. The number of hydrogen-bond donors (Lipinski definition) is 0. The first-order valence-electron chi connectivity index (χ1n) is 6.25. The molecule has 1 atom stereocenters. The molecule has 1 saturated heterocycles. The van der Waals surface area contributed by atoms with Gasteiger partial charge in [-0.3, -0.25) is 14.9 Å². The number of hydrogen-bond acceptors (Lipinski definition) is 3. The highest BCUT2D eigenvalue weighted by Crippen LogP contribution is 2.26. The molecule has 19 heavy (non-hydrogen) atoms. The fraction of sp³-hybridized carbons (Fsp3) is 0.462. The maximum absolute atomic E-state index is 12.4. The maximum Gasteiger partial charge on any atom is 0.282 e. The van der Waals surface area contributed by atoms with Crippen LogP contribution in [0.4, 0.5) is 5.69 Å². The zero-order chi connectivity index (χ0) is 13.8. The lowest BCUT2D eigenvalue weighted by Gasteiger charge is -2.24. The summed E-state index contributed by atoms with van der Waals surface area (Å²) in [5.41, 5.74) is 0.0259. The Bertz CT molecular complexity index is 493. The number of nitro groups is 1. The largest absolute Gasteiger partial charge is 0.335 e. The van der Waals surface area contributed by atoms with Crippen LogP contribution in [-0.2, 0) is 0 Å². The van der Waals surface area contributed by atoms with E-state index >= 15 is 0 Å². The van der Waals surface area contributed by atoms with Gasteiger partial charge in [-0.1, -0.05) is 12.1 Å². The molecule has 0 bridgehead atoms. The van der Waals surface area contributed by atoms with Crippen LogP contribution in [0.1, 0.15) is 29.6 Å². The normalized spacial score (nSPS) is 18.6. The van der Waals surface area contributed by atoms with Crippen LogP contribution in [0.15, 0.2) is 24.3 Å². The Labute approximate surface area is 116 Å². The van der Waals surface area contributed by atoms with E-state index < -0.39 is 4.92 Å². The standard InChI is InChI=1S/C13H15ClN2O3/c14-8-7-10-4-3-9-15(10)13(17)11-5-1-2-6-12(11)16(18)19/h1-2,5-6,10H,3-4,7-9H2. The molecule has 0 N–H and O–H groups in total. The lowest BCUT2D eigenvalue weighted by molar-refractivity contribution is -0.385.